The Kier molecular flexibility index (Phi) is 8.34. The molecule has 49 heavy (non-hydrogen) atoms. The van der Waals surface area contributed by atoms with Gasteiger partial charge in [-0.2, -0.15) is 0 Å². The molecule has 11 nitrogen and oxygen atoms in total. The number of carbonyl (C=O) groups excluding carboxylic acids is 5. The van der Waals surface area contributed by atoms with Gasteiger partial charge in [0.25, 0.3) is 5.91 Å². The van der Waals surface area contributed by atoms with Gasteiger partial charge in [-0.3, -0.25) is 19.2 Å². The minimum Gasteiger partial charge on any atom is -0.461 e. The molecule has 0 radical (unpaired) electrons. The number of nitrogen functional groups attached to an aromatic ring is 1. The zero-order valence-electron chi connectivity index (χ0n) is 28.4. The Bertz CT molecular complexity index is 1830. The maximum atomic E-state index is 15.0. The van der Waals surface area contributed by atoms with Gasteiger partial charge in [-0.25, -0.2) is 4.79 Å². The van der Waals surface area contributed by atoms with E-state index in [1.54, 1.807) is 55.5 Å². The normalized spacial score (nSPS) is 32.2. The summed E-state index contributed by atoms with van der Waals surface area (Å²) in [6.07, 6.45) is 1.00. The van der Waals surface area contributed by atoms with Crippen molar-refractivity contribution in [3.8, 4) is 0 Å². The Morgan fingerprint density at radius 3 is 2.27 bits per heavy atom. The average molecular weight is 671 g/mol. The molecule has 2 fully saturated rings. The van der Waals surface area contributed by atoms with Gasteiger partial charge in [0.2, 0.25) is 0 Å². The quantitative estimate of drug-likeness (QED) is 0.163. The first-order valence-electron chi connectivity index (χ1n) is 16.5. The Hall–Kier alpha value is -4.77. The van der Waals surface area contributed by atoms with E-state index in [0.29, 0.717) is 12.0 Å². The van der Waals surface area contributed by atoms with E-state index in [2.05, 4.69) is 19.2 Å². The van der Waals surface area contributed by atoms with E-state index in [1.807, 2.05) is 6.92 Å². The van der Waals surface area contributed by atoms with Crippen LogP contribution < -0.4 is 11.1 Å². The molecule has 6 rings (SSSR count). The molecule has 1 spiro atoms. The summed E-state index contributed by atoms with van der Waals surface area (Å²) in [4.78, 5) is 67.2. The second-order valence-corrected chi connectivity index (χ2v) is 14.4. The second kappa shape index (κ2) is 12.0. The molecule has 1 amide bonds. The number of amides is 1. The number of benzene rings is 2. The van der Waals surface area contributed by atoms with Crippen molar-refractivity contribution >= 4 is 41.0 Å². The Labute approximate surface area is 284 Å². The second-order valence-electron chi connectivity index (χ2n) is 14.4. The maximum Gasteiger partial charge on any atom is 0.340 e. The molecule has 2 saturated carbocycles. The lowest BCUT2D eigenvalue weighted by molar-refractivity contribution is -0.203. The molecule has 258 valence electrons. The first-order valence-corrected chi connectivity index (χ1v) is 16.5. The molecule has 0 aromatic heterocycles. The van der Waals surface area contributed by atoms with Crippen LogP contribution in [-0.2, 0) is 28.6 Å². The lowest BCUT2D eigenvalue weighted by Gasteiger charge is -2.49. The summed E-state index contributed by atoms with van der Waals surface area (Å²) in [7, 11) is 0. The summed E-state index contributed by atoms with van der Waals surface area (Å²) < 4.78 is 17.5. The van der Waals surface area contributed by atoms with Crippen molar-refractivity contribution in [3.05, 3.63) is 83.0 Å². The number of carbonyl (C=O) groups is 5. The summed E-state index contributed by atoms with van der Waals surface area (Å²) >= 11 is 0. The highest BCUT2D eigenvalue weighted by Gasteiger charge is 2.77. The van der Waals surface area contributed by atoms with Gasteiger partial charge in [0, 0.05) is 31.0 Å². The number of hydrogen-bond donors (Lipinski definition) is 3. The van der Waals surface area contributed by atoms with E-state index in [1.165, 1.54) is 26.0 Å². The van der Waals surface area contributed by atoms with Crippen LogP contribution in [0.3, 0.4) is 0 Å². The van der Waals surface area contributed by atoms with Gasteiger partial charge in [0.1, 0.15) is 6.61 Å². The van der Waals surface area contributed by atoms with E-state index >= 15 is 0 Å². The van der Waals surface area contributed by atoms with Crippen molar-refractivity contribution in [1.29, 1.82) is 0 Å². The zero-order chi connectivity index (χ0) is 35.6. The maximum absolute atomic E-state index is 15.0. The van der Waals surface area contributed by atoms with Gasteiger partial charge in [-0.05, 0) is 66.4 Å². The van der Waals surface area contributed by atoms with Crippen molar-refractivity contribution in [3.63, 3.8) is 0 Å². The highest BCUT2D eigenvalue weighted by atomic mass is 16.6. The molecule has 4 N–H and O–H groups in total. The Morgan fingerprint density at radius 2 is 1.61 bits per heavy atom. The molecule has 4 aliphatic carbocycles. The molecule has 0 heterocycles. The number of para-hydroxylation sites is 2. The van der Waals surface area contributed by atoms with Crippen molar-refractivity contribution in [2.45, 2.75) is 65.8 Å². The van der Waals surface area contributed by atoms with E-state index in [9.17, 15) is 29.1 Å². The largest absolute Gasteiger partial charge is 0.461 e. The van der Waals surface area contributed by atoms with E-state index in [-0.39, 0.29) is 57.7 Å². The fourth-order valence-electron chi connectivity index (χ4n) is 8.91. The standard InChI is InChI=1S/C38H42N2O9/c1-19-17-37-20(2)15-27-30(36(27,5)6)26(31(37)43)16-23(18-47-21(3)41)33(38(37,46)32(19)48-22(4)42)49-35(45)25-12-8-10-14-29(25)40-34(44)24-11-7-9-13-28(24)39/h7-14,16-17,20,26-27,30,32-33,46H,15,18,39H2,1-6H3,(H,40,44)/t20-,26?,27-,30+,32+,33-,37+,38-/m1/s1. The topological polar surface area (TPSA) is 171 Å². The predicted octanol–water partition coefficient (Wildman–Crippen LogP) is 4.66. The number of anilines is 2. The third-order valence-corrected chi connectivity index (χ3v) is 11.2. The van der Waals surface area contributed by atoms with Gasteiger partial charge >= 0.3 is 17.9 Å². The Balaban J connectivity index is 1.49. The van der Waals surface area contributed by atoms with E-state index in [4.69, 9.17) is 19.9 Å². The summed E-state index contributed by atoms with van der Waals surface area (Å²) in [5, 5.41) is 16.0. The highest BCUT2D eigenvalue weighted by Crippen LogP contribution is 2.72. The number of ketones is 1. The number of hydrogen-bond acceptors (Lipinski definition) is 10. The van der Waals surface area contributed by atoms with Crippen LogP contribution in [0.5, 0.6) is 0 Å². The van der Waals surface area contributed by atoms with Gasteiger partial charge in [0.05, 0.1) is 22.2 Å². The fraction of sp³-hybridized carbons (Fsp3) is 0.447. The van der Waals surface area contributed by atoms with Crippen LogP contribution in [0.4, 0.5) is 11.4 Å². The molecule has 0 saturated heterocycles. The molecule has 2 aromatic rings. The lowest BCUT2D eigenvalue weighted by atomic mass is 9.59. The molecule has 4 aliphatic rings. The molecular weight excluding hydrogens is 628 g/mol. The van der Waals surface area contributed by atoms with Crippen LogP contribution in [0.2, 0.25) is 0 Å². The smallest absolute Gasteiger partial charge is 0.340 e. The molecule has 2 aromatic carbocycles. The number of nitrogens with two attached hydrogens (primary N) is 1. The van der Waals surface area contributed by atoms with Gasteiger partial charge in [0.15, 0.2) is 23.6 Å². The van der Waals surface area contributed by atoms with Crippen molar-refractivity contribution in [2.75, 3.05) is 17.7 Å². The highest BCUT2D eigenvalue weighted by molar-refractivity contribution is 6.10. The number of aliphatic hydroxyl groups is 1. The molecule has 2 bridgehead atoms. The summed E-state index contributed by atoms with van der Waals surface area (Å²) in [6.45, 7) is 9.83. The van der Waals surface area contributed by atoms with Crippen LogP contribution in [-0.4, -0.2) is 59.1 Å². The number of esters is 3. The first-order chi connectivity index (χ1) is 23.0. The third-order valence-electron chi connectivity index (χ3n) is 11.2. The van der Waals surface area contributed by atoms with E-state index in [0.717, 1.165) is 0 Å². The first kappa shape index (κ1) is 34.1. The van der Waals surface area contributed by atoms with Gasteiger partial charge in [-0.1, -0.05) is 57.2 Å². The minimum absolute atomic E-state index is 0.0474. The third kappa shape index (κ3) is 5.26. The SMILES string of the molecule is CC(=O)OCC1=CC2C(=O)[C@]3(C=C(C)[C@H](OC(C)=O)[C@@]3(O)[C@@H]1OC(=O)c1ccccc1NC(=O)c1ccccc1N)[C@H](C)C[C@@H]1[C@H]2C1(C)C. The molecular formula is C38H42N2O9. The summed E-state index contributed by atoms with van der Waals surface area (Å²) in [5.41, 5.74) is 3.04. The van der Waals surface area contributed by atoms with Crippen molar-refractivity contribution in [1.82, 2.24) is 0 Å². The van der Waals surface area contributed by atoms with Crippen molar-refractivity contribution in [2.24, 2.45) is 34.5 Å². The number of allylic oxidation sites excluding steroid dienone is 1. The zero-order valence-corrected chi connectivity index (χ0v) is 28.4. The fourth-order valence-corrected chi connectivity index (χ4v) is 8.91. The van der Waals surface area contributed by atoms with Gasteiger partial charge in [-0.15, -0.1) is 0 Å². The monoisotopic (exact) mass is 670 g/mol. The number of ether oxygens (including phenoxy) is 3. The van der Waals surface area contributed by atoms with Crippen LogP contribution >= 0.6 is 0 Å². The molecule has 0 aliphatic heterocycles. The number of nitrogens with one attached hydrogen (secondary N) is 1. The summed E-state index contributed by atoms with van der Waals surface area (Å²) in [5.74, 6) is -4.14. The lowest BCUT2D eigenvalue weighted by Crippen LogP contribution is -2.66. The number of Topliss-reactive ketones (excluding diaryl/α,β-unsaturated/α-hetero) is 1. The van der Waals surface area contributed by atoms with Crippen molar-refractivity contribution < 1.29 is 43.3 Å². The van der Waals surface area contributed by atoms with Crippen LogP contribution in [0.25, 0.3) is 0 Å². The Morgan fingerprint density at radius 1 is 0.959 bits per heavy atom. The van der Waals surface area contributed by atoms with Crippen LogP contribution in [0.1, 0.15) is 68.7 Å². The van der Waals surface area contributed by atoms with Gasteiger partial charge < -0.3 is 30.4 Å². The van der Waals surface area contributed by atoms with Crippen LogP contribution in [0, 0.1) is 34.5 Å². The summed E-state index contributed by atoms with van der Waals surface area (Å²) in [6, 6.07) is 12.7. The minimum atomic E-state index is -2.31. The van der Waals surface area contributed by atoms with E-state index < -0.39 is 58.9 Å². The molecule has 8 atom stereocenters. The molecule has 11 heteroatoms. The number of rotatable bonds is 7. The predicted molar refractivity (Wildman–Crippen MR) is 179 cm³/mol. The average Bonchev–Trinajstić information content (AvgIpc) is 3.53. The van der Waals surface area contributed by atoms with Crippen LogP contribution in [0.15, 0.2) is 71.8 Å². The number of fused-ring (bicyclic) bond motifs is 3. The molecule has 1 unspecified atom stereocenters.